The van der Waals surface area contributed by atoms with Crippen molar-refractivity contribution in [1.29, 1.82) is 0 Å². The normalized spacial score (nSPS) is 21.6. The second-order valence-electron chi connectivity index (χ2n) is 4.37. The lowest BCUT2D eigenvalue weighted by molar-refractivity contribution is -0.116. The zero-order valence-corrected chi connectivity index (χ0v) is 12.5. The molecule has 2 fully saturated rings. The summed E-state index contributed by atoms with van der Waals surface area (Å²) in [5, 5.41) is 3.60. The van der Waals surface area contributed by atoms with Gasteiger partial charge in [-0.25, -0.2) is 0 Å². The molecular weight excluding hydrogens is 324 g/mol. The molecule has 0 aromatic heterocycles. The van der Waals surface area contributed by atoms with Crippen molar-refractivity contribution in [1.82, 2.24) is 10.6 Å². The summed E-state index contributed by atoms with van der Waals surface area (Å²) in [7, 11) is 0. The summed E-state index contributed by atoms with van der Waals surface area (Å²) in [4.78, 5) is 45.7. The number of hydrogen-bond acceptors (Lipinski definition) is 6. The zero-order chi connectivity index (χ0) is 15.7. The van der Waals surface area contributed by atoms with E-state index in [4.69, 9.17) is 0 Å². The minimum Gasteiger partial charge on any atom is -0.282 e. The smallest absolute Gasteiger partial charge is 0.282 e. The first kappa shape index (κ1) is 14.6. The second-order valence-corrected chi connectivity index (χ2v) is 6.40. The Kier molecular flexibility index (Phi) is 3.86. The van der Waals surface area contributed by atoms with Crippen LogP contribution in [0.4, 0.5) is 9.59 Å². The molecule has 2 aliphatic rings. The van der Waals surface area contributed by atoms with Crippen LogP contribution < -0.4 is 10.6 Å². The minimum absolute atomic E-state index is 0.340. The Bertz CT molecular complexity index is 701. The van der Waals surface area contributed by atoms with E-state index in [2.05, 4.69) is 10.6 Å². The van der Waals surface area contributed by atoms with Gasteiger partial charge in [-0.15, -0.1) is 0 Å². The molecule has 2 N–H and O–H groups in total. The molecule has 0 saturated carbocycles. The van der Waals surface area contributed by atoms with Gasteiger partial charge in [0.1, 0.15) is 0 Å². The summed E-state index contributed by atoms with van der Waals surface area (Å²) in [6, 6.07) is 7.04. The van der Waals surface area contributed by atoms with Gasteiger partial charge < -0.3 is 0 Å². The molecule has 0 unspecified atom stereocenters. The fourth-order valence-electron chi connectivity index (χ4n) is 1.83. The summed E-state index contributed by atoms with van der Waals surface area (Å²) in [5.74, 6) is -0.808. The first-order chi connectivity index (χ1) is 10.5. The van der Waals surface area contributed by atoms with E-state index in [0.29, 0.717) is 9.81 Å². The van der Waals surface area contributed by atoms with Crippen molar-refractivity contribution in [3.8, 4) is 0 Å². The Balaban J connectivity index is 1.79. The summed E-state index contributed by atoms with van der Waals surface area (Å²) in [5.41, 5.74) is 1.52. The van der Waals surface area contributed by atoms with Gasteiger partial charge in [0.25, 0.3) is 22.3 Å². The predicted octanol–water partition coefficient (Wildman–Crippen LogP) is 2.33. The highest BCUT2D eigenvalue weighted by molar-refractivity contribution is 8.18. The molecule has 1 aromatic carbocycles. The molecule has 0 aliphatic carbocycles. The average molecular weight is 332 g/mol. The van der Waals surface area contributed by atoms with Crippen molar-refractivity contribution in [2.24, 2.45) is 0 Å². The standard InChI is InChI=1S/C14H8N2O4S2/c17-11-9(21-13(19)15-11)5-7-1-2-8(4-3-7)6-10-12(18)16-14(20)22-10/h1-6H,(H,15,17,19)(H,16,18,20)/b9-5-,10-6-. The molecule has 2 aliphatic heterocycles. The molecule has 22 heavy (non-hydrogen) atoms. The molecule has 4 amide bonds. The largest absolute Gasteiger partial charge is 0.290 e. The Morgan fingerprint density at radius 3 is 1.32 bits per heavy atom. The molecule has 0 atom stereocenters. The van der Waals surface area contributed by atoms with Crippen LogP contribution in [0.25, 0.3) is 12.2 Å². The van der Waals surface area contributed by atoms with Gasteiger partial charge in [0.15, 0.2) is 0 Å². The van der Waals surface area contributed by atoms with Crippen LogP contribution in [0, 0.1) is 0 Å². The van der Waals surface area contributed by atoms with E-state index in [1.165, 1.54) is 0 Å². The van der Waals surface area contributed by atoms with Gasteiger partial charge in [0, 0.05) is 0 Å². The van der Waals surface area contributed by atoms with Crippen LogP contribution in [0.3, 0.4) is 0 Å². The van der Waals surface area contributed by atoms with Crippen LogP contribution >= 0.6 is 23.5 Å². The molecule has 110 valence electrons. The summed E-state index contributed by atoms with van der Waals surface area (Å²) in [6.07, 6.45) is 3.23. The number of imide groups is 2. The SMILES string of the molecule is O=C1NC(=O)/C(=C/c2ccc(/C=C3\SC(=O)NC3=O)cc2)S1. The highest BCUT2D eigenvalue weighted by atomic mass is 32.2. The second kappa shape index (κ2) is 5.82. The third kappa shape index (κ3) is 3.12. The predicted molar refractivity (Wildman–Crippen MR) is 84.7 cm³/mol. The molecule has 2 saturated heterocycles. The van der Waals surface area contributed by atoms with E-state index in [0.717, 1.165) is 34.7 Å². The summed E-state index contributed by atoms with van der Waals surface area (Å²) < 4.78 is 0. The van der Waals surface area contributed by atoms with E-state index in [-0.39, 0.29) is 10.5 Å². The zero-order valence-electron chi connectivity index (χ0n) is 10.9. The van der Waals surface area contributed by atoms with Crippen molar-refractivity contribution in [3.63, 3.8) is 0 Å². The van der Waals surface area contributed by atoms with Crippen LogP contribution in [0.1, 0.15) is 11.1 Å². The third-order valence-corrected chi connectivity index (χ3v) is 4.44. The number of thioether (sulfide) groups is 2. The Labute approximate surface area is 133 Å². The van der Waals surface area contributed by atoms with Gasteiger partial charge in [-0.3, -0.25) is 29.8 Å². The number of hydrogen-bond donors (Lipinski definition) is 2. The highest BCUT2D eigenvalue weighted by Crippen LogP contribution is 2.27. The number of rotatable bonds is 2. The number of amides is 4. The maximum atomic E-state index is 11.4. The van der Waals surface area contributed by atoms with E-state index in [1.807, 2.05) is 0 Å². The van der Waals surface area contributed by atoms with Crippen LogP contribution in [0.2, 0.25) is 0 Å². The van der Waals surface area contributed by atoms with Gasteiger partial charge in [-0.1, -0.05) is 24.3 Å². The van der Waals surface area contributed by atoms with Gasteiger partial charge in [-0.2, -0.15) is 0 Å². The topological polar surface area (TPSA) is 92.3 Å². The van der Waals surface area contributed by atoms with Crippen molar-refractivity contribution >= 4 is 58.0 Å². The fourth-order valence-corrected chi connectivity index (χ4v) is 3.20. The lowest BCUT2D eigenvalue weighted by atomic mass is 10.1. The van der Waals surface area contributed by atoms with E-state index in [1.54, 1.807) is 36.4 Å². The summed E-state index contributed by atoms with van der Waals surface area (Å²) in [6.45, 7) is 0. The van der Waals surface area contributed by atoms with Crippen LogP contribution in [-0.4, -0.2) is 22.3 Å². The third-order valence-electron chi connectivity index (χ3n) is 2.82. The van der Waals surface area contributed by atoms with Gasteiger partial charge in [0.05, 0.1) is 9.81 Å². The molecule has 3 rings (SSSR count). The summed E-state index contributed by atoms with van der Waals surface area (Å²) >= 11 is 1.71. The van der Waals surface area contributed by atoms with Crippen LogP contribution in [-0.2, 0) is 9.59 Å². The molecule has 8 heteroatoms. The minimum atomic E-state index is -0.404. The number of carbonyl (C=O) groups is 4. The number of carbonyl (C=O) groups excluding carboxylic acids is 4. The van der Waals surface area contributed by atoms with Gasteiger partial charge in [-0.05, 0) is 46.8 Å². The fraction of sp³-hybridized carbons (Fsp3) is 0. The number of benzene rings is 1. The van der Waals surface area contributed by atoms with E-state index < -0.39 is 11.8 Å². The molecule has 6 nitrogen and oxygen atoms in total. The molecule has 1 aromatic rings. The Hall–Kier alpha value is -2.32. The lowest BCUT2D eigenvalue weighted by Gasteiger charge is -1.98. The first-order valence-corrected chi connectivity index (χ1v) is 7.74. The maximum Gasteiger partial charge on any atom is 0.290 e. The monoisotopic (exact) mass is 332 g/mol. The molecule has 0 bridgehead atoms. The van der Waals surface area contributed by atoms with Crippen molar-refractivity contribution in [2.75, 3.05) is 0 Å². The van der Waals surface area contributed by atoms with Crippen molar-refractivity contribution in [2.45, 2.75) is 0 Å². The quantitative estimate of drug-likeness (QED) is 0.808. The molecular formula is C14H8N2O4S2. The van der Waals surface area contributed by atoms with Crippen LogP contribution in [0.5, 0.6) is 0 Å². The van der Waals surface area contributed by atoms with Gasteiger partial charge >= 0.3 is 0 Å². The van der Waals surface area contributed by atoms with E-state index in [9.17, 15) is 19.2 Å². The van der Waals surface area contributed by atoms with Gasteiger partial charge in [0.2, 0.25) is 0 Å². The van der Waals surface area contributed by atoms with Crippen LogP contribution in [0.15, 0.2) is 34.1 Å². The number of nitrogens with one attached hydrogen (secondary N) is 2. The molecule has 0 spiro atoms. The molecule has 2 heterocycles. The highest BCUT2D eigenvalue weighted by Gasteiger charge is 2.25. The van der Waals surface area contributed by atoms with Crippen molar-refractivity contribution in [3.05, 3.63) is 45.2 Å². The van der Waals surface area contributed by atoms with E-state index >= 15 is 0 Å². The average Bonchev–Trinajstić information content (AvgIpc) is 2.94. The lowest BCUT2D eigenvalue weighted by Crippen LogP contribution is -2.17. The Morgan fingerprint density at radius 1 is 0.682 bits per heavy atom. The first-order valence-electron chi connectivity index (χ1n) is 6.11. The van der Waals surface area contributed by atoms with Crippen molar-refractivity contribution < 1.29 is 19.2 Å². The molecule has 0 radical (unpaired) electrons. The Morgan fingerprint density at radius 2 is 1.05 bits per heavy atom. The maximum absolute atomic E-state index is 11.4.